The molecule has 0 spiro atoms. The Kier molecular flexibility index (Phi) is 3.40. The maximum atomic E-state index is 12.9. The second kappa shape index (κ2) is 5.36. The summed E-state index contributed by atoms with van der Waals surface area (Å²) < 4.78 is 1.55. The molecule has 0 aromatic carbocycles. The summed E-state index contributed by atoms with van der Waals surface area (Å²) in [7, 11) is 0. The maximum Gasteiger partial charge on any atom is 0.274 e. The van der Waals surface area contributed by atoms with Crippen LogP contribution in [0.1, 0.15) is 53.0 Å². The molecule has 0 radical (unpaired) electrons. The van der Waals surface area contributed by atoms with Crippen molar-refractivity contribution in [2.45, 2.75) is 44.7 Å². The molecule has 2 amide bonds. The predicted molar refractivity (Wildman–Crippen MR) is 85.8 cm³/mol. The quantitative estimate of drug-likeness (QED) is 0.789. The highest BCUT2D eigenvalue weighted by Crippen LogP contribution is 2.40. The molecule has 2 bridgehead atoms. The Balaban J connectivity index is 1.83. The minimum atomic E-state index is -0.890. The largest absolute Gasteiger partial charge is 0.503 e. The van der Waals surface area contributed by atoms with Gasteiger partial charge in [-0.1, -0.05) is 12.8 Å². The monoisotopic (exact) mass is 331 g/mol. The average molecular weight is 331 g/mol. The van der Waals surface area contributed by atoms with Gasteiger partial charge in [0.25, 0.3) is 11.8 Å². The van der Waals surface area contributed by atoms with E-state index in [0.717, 1.165) is 19.3 Å². The van der Waals surface area contributed by atoms with E-state index in [1.165, 1.54) is 19.0 Å². The normalized spacial score (nSPS) is 28.8. The first-order valence-electron chi connectivity index (χ1n) is 8.54. The van der Waals surface area contributed by atoms with Crippen molar-refractivity contribution in [2.24, 2.45) is 17.6 Å². The van der Waals surface area contributed by atoms with E-state index in [4.69, 9.17) is 5.73 Å². The number of aromatic nitrogens is 1. The van der Waals surface area contributed by atoms with Crippen LogP contribution < -0.4 is 11.2 Å². The molecular weight excluding hydrogens is 310 g/mol. The van der Waals surface area contributed by atoms with Gasteiger partial charge in [-0.2, -0.15) is 0 Å². The lowest BCUT2D eigenvalue weighted by atomic mass is 9.74. The highest BCUT2D eigenvalue weighted by atomic mass is 16.3. The molecule has 1 aromatic rings. The molecule has 2 saturated heterocycles. The number of pyridine rings is 1. The van der Waals surface area contributed by atoms with Crippen LogP contribution >= 0.6 is 0 Å². The number of carbonyl (C=O) groups excluding carboxylic acids is 2. The van der Waals surface area contributed by atoms with Gasteiger partial charge in [-0.3, -0.25) is 14.4 Å². The Morgan fingerprint density at radius 1 is 1.17 bits per heavy atom. The van der Waals surface area contributed by atoms with Crippen molar-refractivity contribution >= 4 is 11.8 Å². The van der Waals surface area contributed by atoms with Crippen LogP contribution in [0.4, 0.5) is 0 Å². The number of fused-ring (bicyclic) bond motifs is 4. The summed E-state index contributed by atoms with van der Waals surface area (Å²) in [4.78, 5) is 38.3. The van der Waals surface area contributed by atoms with E-state index in [1.807, 2.05) is 4.90 Å². The van der Waals surface area contributed by atoms with Crippen LogP contribution in [0.5, 0.6) is 5.75 Å². The summed E-state index contributed by atoms with van der Waals surface area (Å²) in [5.74, 6) is -0.771. The smallest absolute Gasteiger partial charge is 0.274 e. The first-order chi connectivity index (χ1) is 11.5. The lowest BCUT2D eigenvalue weighted by Crippen LogP contribution is -2.54. The predicted octanol–water partition coefficient (Wildman–Crippen LogP) is 0.687. The van der Waals surface area contributed by atoms with E-state index in [0.29, 0.717) is 24.9 Å². The number of hydrogen-bond donors (Lipinski definition) is 2. The molecule has 128 valence electrons. The van der Waals surface area contributed by atoms with Gasteiger partial charge >= 0.3 is 0 Å². The molecule has 7 nitrogen and oxygen atoms in total. The van der Waals surface area contributed by atoms with Crippen LogP contribution in [-0.2, 0) is 6.54 Å². The van der Waals surface area contributed by atoms with Crippen LogP contribution in [0.25, 0.3) is 0 Å². The molecule has 3 fully saturated rings. The first-order valence-corrected chi connectivity index (χ1v) is 8.54. The standard InChI is InChI=1S/C17H21N3O4/c18-16(23)11-7-19-8-12-10-3-1-9(2-4-10)5-6-20(12)17(24)13(19)15(22)14(11)21/h7,9-10,12,22H,1-6,8H2,(H2,18,23)/t9?,10?,12-/m1/s1. The molecule has 24 heavy (non-hydrogen) atoms. The molecule has 1 aliphatic carbocycles. The highest BCUT2D eigenvalue weighted by molar-refractivity contribution is 5.98. The number of nitrogens with two attached hydrogens (primary N) is 1. The molecule has 4 aliphatic rings. The second-order valence-corrected chi connectivity index (χ2v) is 7.22. The van der Waals surface area contributed by atoms with E-state index >= 15 is 0 Å². The van der Waals surface area contributed by atoms with Gasteiger partial charge in [0.05, 0.1) is 6.04 Å². The van der Waals surface area contributed by atoms with Gasteiger partial charge in [-0.25, -0.2) is 0 Å². The van der Waals surface area contributed by atoms with Gasteiger partial charge in [0.2, 0.25) is 5.43 Å². The fourth-order valence-corrected chi connectivity index (χ4v) is 4.63. The second-order valence-electron chi connectivity index (χ2n) is 7.22. The molecule has 3 N–H and O–H groups in total. The van der Waals surface area contributed by atoms with E-state index in [-0.39, 0.29) is 23.2 Å². The number of nitrogens with zero attached hydrogens (tertiary/aromatic N) is 2. The third-order valence-corrected chi connectivity index (χ3v) is 5.98. The summed E-state index contributed by atoms with van der Waals surface area (Å²) in [6, 6.07) is 0.0499. The van der Waals surface area contributed by atoms with Crippen molar-refractivity contribution in [1.29, 1.82) is 0 Å². The van der Waals surface area contributed by atoms with Gasteiger partial charge in [0.1, 0.15) is 5.56 Å². The number of hydrogen-bond acceptors (Lipinski definition) is 4. The molecule has 5 rings (SSSR count). The fraction of sp³-hybridized carbons (Fsp3) is 0.588. The van der Waals surface area contributed by atoms with Gasteiger partial charge in [0, 0.05) is 19.3 Å². The summed E-state index contributed by atoms with van der Waals surface area (Å²) >= 11 is 0. The minimum absolute atomic E-state index is 0.0160. The number of primary amides is 1. The Bertz CT molecular complexity index is 777. The van der Waals surface area contributed by atoms with Crippen molar-refractivity contribution in [2.75, 3.05) is 6.54 Å². The van der Waals surface area contributed by atoms with Gasteiger partial charge in [-0.15, -0.1) is 0 Å². The van der Waals surface area contributed by atoms with Crippen LogP contribution in [0, 0.1) is 11.8 Å². The molecule has 1 saturated carbocycles. The summed E-state index contributed by atoms with van der Waals surface area (Å²) in [5, 5.41) is 10.2. The zero-order valence-electron chi connectivity index (χ0n) is 13.4. The SMILES string of the molecule is NC(=O)c1cn2c(c(O)c1=O)C(=O)N1CCC3CCC(CC3)[C@H]1C2. The molecule has 1 aromatic heterocycles. The van der Waals surface area contributed by atoms with Crippen LogP contribution in [0.15, 0.2) is 11.0 Å². The average Bonchev–Trinajstić information content (AvgIpc) is 2.54. The zero-order valence-corrected chi connectivity index (χ0v) is 13.4. The zero-order chi connectivity index (χ0) is 17.0. The van der Waals surface area contributed by atoms with Crippen LogP contribution in [-0.4, -0.2) is 39.0 Å². The van der Waals surface area contributed by atoms with E-state index in [2.05, 4.69) is 0 Å². The molecular formula is C17H21N3O4. The van der Waals surface area contributed by atoms with Gasteiger partial charge < -0.3 is 20.3 Å². The molecule has 1 atom stereocenters. The fourth-order valence-electron chi connectivity index (χ4n) is 4.63. The molecule has 0 unspecified atom stereocenters. The van der Waals surface area contributed by atoms with E-state index < -0.39 is 17.1 Å². The minimum Gasteiger partial charge on any atom is -0.503 e. The van der Waals surface area contributed by atoms with E-state index in [9.17, 15) is 19.5 Å². The molecule has 7 heteroatoms. The highest BCUT2D eigenvalue weighted by Gasteiger charge is 2.42. The van der Waals surface area contributed by atoms with Crippen LogP contribution in [0.2, 0.25) is 0 Å². The summed E-state index contributed by atoms with van der Waals surface area (Å²) in [6.45, 7) is 1.15. The first kappa shape index (κ1) is 15.2. The third-order valence-electron chi connectivity index (χ3n) is 5.98. The number of rotatable bonds is 1. The maximum absolute atomic E-state index is 12.9. The van der Waals surface area contributed by atoms with Gasteiger partial charge in [0.15, 0.2) is 11.4 Å². The molecule has 4 heterocycles. The van der Waals surface area contributed by atoms with Gasteiger partial charge in [-0.05, 0) is 31.1 Å². The number of amides is 2. The van der Waals surface area contributed by atoms with Crippen molar-refractivity contribution in [3.8, 4) is 5.75 Å². The number of carbonyl (C=O) groups is 2. The Labute approximate surface area is 139 Å². The molecule has 3 aliphatic heterocycles. The Hall–Kier alpha value is -2.31. The Morgan fingerprint density at radius 2 is 1.88 bits per heavy atom. The lowest BCUT2D eigenvalue weighted by molar-refractivity contribution is 0.0280. The lowest BCUT2D eigenvalue weighted by Gasteiger charge is -2.47. The van der Waals surface area contributed by atoms with Crippen molar-refractivity contribution in [3.05, 3.63) is 27.7 Å². The summed E-state index contributed by atoms with van der Waals surface area (Å²) in [6.07, 6.45) is 6.92. The van der Waals surface area contributed by atoms with Crippen molar-refractivity contribution < 1.29 is 14.7 Å². The topological polar surface area (TPSA) is 106 Å². The van der Waals surface area contributed by atoms with Crippen LogP contribution in [0.3, 0.4) is 0 Å². The van der Waals surface area contributed by atoms with Crippen molar-refractivity contribution in [1.82, 2.24) is 9.47 Å². The Morgan fingerprint density at radius 3 is 2.54 bits per heavy atom. The number of aromatic hydroxyl groups is 1. The van der Waals surface area contributed by atoms with E-state index in [1.54, 1.807) is 4.57 Å². The third kappa shape index (κ3) is 2.14. The summed E-state index contributed by atoms with van der Waals surface area (Å²) in [5.41, 5.74) is 4.08. The van der Waals surface area contributed by atoms with Crippen molar-refractivity contribution in [3.63, 3.8) is 0 Å².